The minimum absolute atomic E-state index is 0.482. The van der Waals surface area contributed by atoms with Crippen molar-refractivity contribution in [2.24, 2.45) is 7.05 Å². The van der Waals surface area contributed by atoms with Gasteiger partial charge >= 0.3 is 0 Å². The molecule has 1 saturated heterocycles. The SMILES string of the molecule is CC(C)N1CCN(C)[C@@H](c2ccc3c(cnn3C)c2)C1. The van der Waals surface area contributed by atoms with Crippen LogP contribution in [0.15, 0.2) is 24.4 Å². The predicted molar refractivity (Wildman–Crippen MR) is 82.8 cm³/mol. The van der Waals surface area contributed by atoms with E-state index in [0.717, 1.165) is 13.1 Å². The molecule has 0 unspecified atom stereocenters. The molecule has 1 fully saturated rings. The van der Waals surface area contributed by atoms with E-state index < -0.39 is 0 Å². The fourth-order valence-electron chi connectivity index (χ4n) is 3.11. The van der Waals surface area contributed by atoms with Crippen molar-refractivity contribution < 1.29 is 0 Å². The average molecular weight is 272 g/mol. The van der Waals surface area contributed by atoms with Gasteiger partial charge in [-0.15, -0.1) is 0 Å². The van der Waals surface area contributed by atoms with Gasteiger partial charge in [0, 0.05) is 44.2 Å². The molecule has 2 heterocycles. The molecule has 1 aromatic heterocycles. The number of likely N-dealkylation sites (N-methyl/N-ethyl adjacent to an activating group) is 1. The van der Waals surface area contributed by atoms with Gasteiger partial charge in [-0.1, -0.05) is 6.07 Å². The summed E-state index contributed by atoms with van der Waals surface area (Å²) in [6, 6.07) is 7.85. The van der Waals surface area contributed by atoms with Crippen molar-refractivity contribution in [1.29, 1.82) is 0 Å². The molecule has 0 N–H and O–H groups in total. The van der Waals surface area contributed by atoms with Crippen molar-refractivity contribution in [2.45, 2.75) is 25.9 Å². The number of fused-ring (bicyclic) bond motifs is 1. The lowest BCUT2D eigenvalue weighted by Crippen LogP contribution is -2.49. The lowest BCUT2D eigenvalue weighted by atomic mass is 10.0. The summed E-state index contributed by atoms with van der Waals surface area (Å²) in [7, 11) is 4.23. The molecular formula is C16H24N4. The number of hydrogen-bond donors (Lipinski definition) is 0. The maximum atomic E-state index is 4.34. The van der Waals surface area contributed by atoms with Gasteiger partial charge in [-0.05, 0) is 38.6 Å². The molecule has 1 aromatic carbocycles. The Morgan fingerprint density at radius 1 is 1.20 bits per heavy atom. The zero-order valence-electron chi connectivity index (χ0n) is 12.9. The number of nitrogens with zero attached hydrogens (tertiary/aromatic N) is 4. The minimum Gasteiger partial charge on any atom is -0.298 e. The van der Waals surface area contributed by atoms with Crippen molar-refractivity contribution >= 4 is 10.9 Å². The Morgan fingerprint density at radius 2 is 2.00 bits per heavy atom. The van der Waals surface area contributed by atoms with E-state index in [1.54, 1.807) is 0 Å². The molecule has 0 spiro atoms. The number of rotatable bonds is 2. The summed E-state index contributed by atoms with van der Waals surface area (Å²) in [6.45, 7) is 7.98. The van der Waals surface area contributed by atoms with Crippen LogP contribution in [0.2, 0.25) is 0 Å². The van der Waals surface area contributed by atoms with E-state index in [1.807, 2.05) is 17.9 Å². The second-order valence-electron chi connectivity index (χ2n) is 6.17. The predicted octanol–water partition coefficient (Wildman–Crippen LogP) is 2.27. The first kappa shape index (κ1) is 13.6. The summed E-state index contributed by atoms with van der Waals surface area (Å²) >= 11 is 0. The smallest absolute Gasteiger partial charge is 0.0679 e. The quantitative estimate of drug-likeness (QED) is 0.838. The van der Waals surface area contributed by atoms with E-state index in [1.165, 1.54) is 23.0 Å². The number of aromatic nitrogens is 2. The van der Waals surface area contributed by atoms with Crippen LogP contribution in [0.5, 0.6) is 0 Å². The maximum absolute atomic E-state index is 4.34. The maximum Gasteiger partial charge on any atom is 0.0679 e. The zero-order valence-corrected chi connectivity index (χ0v) is 12.9. The van der Waals surface area contributed by atoms with Gasteiger partial charge in [0.1, 0.15) is 0 Å². The van der Waals surface area contributed by atoms with E-state index in [4.69, 9.17) is 0 Å². The average Bonchev–Trinajstić information content (AvgIpc) is 2.80. The Kier molecular flexibility index (Phi) is 3.52. The number of hydrogen-bond acceptors (Lipinski definition) is 3. The third-order valence-corrected chi connectivity index (χ3v) is 4.56. The molecule has 4 heteroatoms. The Morgan fingerprint density at radius 3 is 2.75 bits per heavy atom. The molecule has 1 aliphatic heterocycles. The Bertz CT molecular complexity index is 602. The number of aryl methyl sites for hydroxylation is 1. The van der Waals surface area contributed by atoms with E-state index >= 15 is 0 Å². The summed E-state index contributed by atoms with van der Waals surface area (Å²) in [4.78, 5) is 5.04. The minimum atomic E-state index is 0.482. The van der Waals surface area contributed by atoms with Gasteiger partial charge in [-0.2, -0.15) is 5.10 Å². The zero-order chi connectivity index (χ0) is 14.3. The normalized spacial score (nSPS) is 21.9. The lowest BCUT2D eigenvalue weighted by Gasteiger charge is -2.41. The molecule has 3 rings (SSSR count). The monoisotopic (exact) mass is 272 g/mol. The molecule has 1 atom stereocenters. The van der Waals surface area contributed by atoms with Gasteiger partial charge in [-0.25, -0.2) is 0 Å². The summed E-state index contributed by atoms with van der Waals surface area (Å²) < 4.78 is 1.93. The topological polar surface area (TPSA) is 24.3 Å². The van der Waals surface area contributed by atoms with Crippen molar-refractivity contribution in [3.05, 3.63) is 30.0 Å². The molecular weight excluding hydrogens is 248 g/mol. The Hall–Kier alpha value is -1.39. The Balaban J connectivity index is 1.91. The van der Waals surface area contributed by atoms with Gasteiger partial charge in [0.2, 0.25) is 0 Å². The van der Waals surface area contributed by atoms with Crippen LogP contribution in [0.25, 0.3) is 10.9 Å². The number of piperazine rings is 1. The molecule has 20 heavy (non-hydrogen) atoms. The van der Waals surface area contributed by atoms with Crippen LogP contribution < -0.4 is 0 Å². The first-order chi connectivity index (χ1) is 9.56. The van der Waals surface area contributed by atoms with Crippen LogP contribution in [0.1, 0.15) is 25.5 Å². The molecule has 4 nitrogen and oxygen atoms in total. The standard InChI is InChI=1S/C16H24N4/c1-12(2)20-8-7-18(3)16(11-20)13-5-6-15-14(9-13)10-17-19(15)4/h5-6,9-10,12,16H,7-8,11H2,1-4H3/t16-/m1/s1. The van der Waals surface area contributed by atoms with Crippen LogP contribution in [0.4, 0.5) is 0 Å². The van der Waals surface area contributed by atoms with Gasteiger partial charge in [0.15, 0.2) is 0 Å². The molecule has 0 saturated carbocycles. The van der Waals surface area contributed by atoms with Crippen molar-refractivity contribution in [2.75, 3.05) is 26.7 Å². The van der Waals surface area contributed by atoms with Crippen LogP contribution in [-0.2, 0) is 7.05 Å². The van der Waals surface area contributed by atoms with Crippen molar-refractivity contribution in [1.82, 2.24) is 19.6 Å². The van der Waals surface area contributed by atoms with E-state index in [2.05, 4.69) is 54.0 Å². The van der Waals surface area contributed by atoms with Gasteiger partial charge in [0.25, 0.3) is 0 Å². The first-order valence-corrected chi connectivity index (χ1v) is 7.42. The summed E-state index contributed by atoms with van der Waals surface area (Å²) in [5, 5.41) is 5.57. The molecule has 108 valence electrons. The molecule has 0 bridgehead atoms. The molecule has 1 aliphatic rings. The van der Waals surface area contributed by atoms with E-state index in [9.17, 15) is 0 Å². The fraction of sp³-hybridized carbons (Fsp3) is 0.562. The van der Waals surface area contributed by atoms with Crippen LogP contribution in [0.3, 0.4) is 0 Å². The second-order valence-corrected chi connectivity index (χ2v) is 6.17. The largest absolute Gasteiger partial charge is 0.298 e. The van der Waals surface area contributed by atoms with Gasteiger partial charge in [-0.3, -0.25) is 14.5 Å². The highest BCUT2D eigenvalue weighted by atomic mass is 15.3. The van der Waals surface area contributed by atoms with Gasteiger partial charge in [0.05, 0.1) is 11.7 Å². The fourth-order valence-corrected chi connectivity index (χ4v) is 3.11. The molecule has 0 aliphatic carbocycles. The third-order valence-electron chi connectivity index (χ3n) is 4.56. The highest BCUT2D eigenvalue weighted by Crippen LogP contribution is 2.27. The molecule has 2 aromatic rings. The van der Waals surface area contributed by atoms with Crippen molar-refractivity contribution in [3.63, 3.8) is 0 Å². The van der Waals surface area contributed by atoms with Crippen LogP contribution in [0, 0.1) is 0 Å². The summed E-state index contributed by atoms with van der Waals surface area (Å²) in [5.41, 5.74) is 2.60. The lowest BCUT2D eigenvalue weighted by molar-refractivity contribution is 0.0746. The first-order valence-electron chi connectivity index (χ1n) is 7.42. The highest BCUT2D eigenvalue weighted by Gasteiger charge is 2.27. The summed E-state index contributed by atoms with van der Waals surface area (Å²) in [6.07, 6.45) is 1.96. The van der Waals surface area contributed by atoms with E-state index in [0.29, 0.717) is 12.1 Å². The third kappa shape index (κ3) is 2.34. The second kappa shape index (κ2) is 5.19. The highest BCUT2D eigenvalue weighted by molar-refractivity contribution is 5.79. The van der Waals surface area contributed by atoms with E-state index in [-0.39, 0.29) is 0 Å². The van der Waals surface area contributed by atoms with Gasteiger partial charge < -0.3 is 0 Å². The number of benzene rings is 1. The van der Waals surface area contributed by atoms with Crippen LogP contribution in [-0.4, -0.2) is 52.3 Å². The van der Waals surface area contributed by atoms with Crippen molar-refractivity contribution in [3.8, 4) is 0 Å². The molecule has 0 amide bonds. The molecule has 0 radical (unpaired) electrons. The van der Waals surface area contributed by atoms with Crippen LogP contribution >= 0.6 is 0 Å². The summed E-state index contributed by atoms with van der Waals surface area (Å²) in [5.74, 6) is 0. The Labute approximate surface area is 121 Å².